The van der Waals surface area contributed by atoms with Crippen LogP contribution in [0, 0.1) is 16.0 Å². The van der Waals surface area contributed by atoms with Crippen LogP contribution in [-0.4, -0.2) is 28.3 Å². The van der Waals surface area contributed by atoms with Gasteiger partial charge in [0.2, 0.25) is 0 Å². The second-order valence-corrected chi connectivity index (χ2v) is 6.12. The van der Waals surface area contributed by atoms with Crippen LogP contribution < -0.4 is 0 Å². The molecule has 2 fully saturated rings. The summed E-state index contributed by atoms with van der Waals surface area (Å²) in [5.41, 5.74) is -0.0921. The number of rotatable bonds is 2. The lowest BCUT2D eigenvalue weighted by atomic mass is 10.1. The van der Waals surface area contributed by atoms with Gasteiger partial charge in [-0.05, 0) is 31.2 Å². The fraction of sp³-hybridized carbons (Fsp3) is 0.462. The number of benzene rings is 1. The number of piperidine rings is 1. The van der Waals surface area contributed by atoms with Gasteiger partial charge < -0.3 is 4.90 Å². The van der Waals surface area contributed by atoms with Crippen LogP contribution in [0.15, 0.2) is 12.1 Å². The summed E-state index contributed by atoms with van der Waals surface area (Å²) in [4.78, 5) is 24.6. The third-order valence-corrected chi connectivity index (χ3v) is 4.91. The van der Waals surface area contributed by atoms with E-state index < -0.39 is 4.92 Å². The standard InChI is InChI=1S/C13H12Cl2N2O3/c14-10-4-8(5-11(12(10)15)17(19)20)13(18)16-6-7-1-2-9(16)3-7/h4-5,7,9H,1-3,6H2. The number of nitro benzene ring substituents is 1. The molecule has 2 aliphatic rings. The van der Waals surface area contributed by atoms with Crippen LogP contribution in [0.3, 0.4) is 0 Å². The highest BCUT2D eigenvalue weighted by Crippen LogP contribution is 2.39. The molecule has 0 aromatic heterocycles. The Morgan fingerprint density at radius 2 is 2.10 bits per heavy atom. The first kappa shape index (κ1) is 13.6. The second-order valence-electron chi connectivity index (χ2n) is 5.34. The Kier molecular flexibility index (Phi) is 3.34. The zero-order valence-electron chi connectivity index (χ0n) is 10.5. The fourth-order valence-electron chi connectivity index (χ4n) is 3.17. The summed E-state index contributed by atoms with van der Waals surface area (Å²) in [7, 11) is 0. The molecular weight excluding hydrogens is 303 g/mol. The number of amides is 1. The smallest absolute Gasteiger partial charge is 0.290 e. The highest BCUT2D eigenvalue weighted by atomic mass is 35.5. The molecule has 7 heteroatoms. The highest BCUT2D eigenvalue weighted by molar-refractivity contribution is 6.43. The summed E-state index contributed by atoms with van der Waals surface area (Å²) in [6.07, 6.45) is 3.21. The van der Waals surface area contributed by atoms with Gasteiger partial charge in [-0.15, -0.1) is 0 Å². The molecule has 0 radical (unpaired) electrons. The van der Waals surface area contributed by atoms with E-state index in [2.05, 4.69) is 0 Å². The van der Waals surface area contributed by atoms with Crippen LogP contribution in [-0.2, 0) is 0 Å². The number of carbonyl (C=O) groups excluding carboxylic acids is 1. The van der Waals surface area contributed by atoms with Crippen molar-refractivity contribution >= 4 is 34.8 Å². The fourth-order valence-corrected chi connectivity index (χ4v) is 3.56. The summed E-state index contributed by atoms with van der Waals surface area (Å²) < 4.78 is 0. The van der Waals surface area contributed by atoms with Crippen molar-refractivity contribution in [2.45, 2.75) is 25.3 Å². The van der Waals surface area contributed by atoms with Gasteiger partial charge in [0.05, 0.1) is 9.95 Å². The van der Waals surface area contributed by atoms with E-state index in [1.807, 2.05) is 0 Å². The Labute approximate surface area is 125 Å². The maximum absolute atomic E-state index is 12.5. The number of likely N-dealkylation sites (tertiary alicyclic amines) is 1. The van der Waals surface area contributed by atoms with E-state index in [0.717, 1.165) is 25.8 Å². The molecule has 1 saturated heterocycles. The summed E-state index contributed by atoms with van der Waals surface area (Å²) in [6.45, 7) is 0.734. The molecule has 2 unspecified atom stereocenters. The maximum atomic E-state index is 12.5. The molecule has 1 aromatic rings. The largest absolute Gasteiger partial charge is 0.335 e. The quantitative estimate of drug-likeness (QED) is 0.619. The number of carbonyl (C=O) groups is 1. The van der Waals surface area contributed by atoms with Gasteiger partial charge in [-0.25, -0.2) is 0 Å². The minimum atomic E-state index is -0.624. The molecule has 2 bridgehead atoms. The molecule has 1 saturated carbocycles. The minimum Gasteiger partial charge on any atom is -0.335 e. The zero-order chi connectivity index (χ0) is 14.4. The Hall–Kier alpha value is -1.33. The lowest BCUT2D eigenvalue weighted by molar-refractivity contribution is -0.384. The monoisotopic (exact) mass is 314 g/mol. The van der Waals surface area contributed by atoms with Crippen LogP contribution in [0.1, 0.15) is 29.6 Å². The molecule has 0 spiro atoms. The van der Waals surface area contributed by atoms with Crippen molar-refractivity contribution in [2.24, 2.45) is 5.92 Å². The van der Waals surface area contributed by atoms with Crippen LogP contribution in [0.2, 0.25) is 10.0 Å². The first-order valence-electron chi connectivity index (χ1n) is 6.41. The summed E-state index contributed by atoms with van der Waals surface area (Å²) in [5, 5.41) is 10.8. The predicted octanol–water partition coefficient (Wildman–Crippen LogP) is 3.53. The SMILES string of the molecule is O=C(c1cc(Cl)c(Cl)c([N+](=O)[O-])c1)N1CC2CCC1C2. The van der Waals surface area contributed by atoms with Crippen molar-refractivity contribution in [2.75, 3.05) is 6.54 Å². The van der Waals surface area contributed by atoms with Gasteiger partial charge in [-0.1, -0.05) is 23.2 Å². The molecule has 1 aliphatic carbocycles. The van der Waals surface area contributed by atoms with Gasteiger partial charge in [0.25, 0.3) is 11.6 Å². The van der Waals surface area contributed by atoms with Gasteiger partial charge in [-0.2, -0.15) is 0 Å². The molecule has 106 valence electrons. The Morgan fingerprint density at radius 3 is 2.65 bits per heavy atom. The summed E-state index contributed by atoms with van der Waals surface area (Å²) in [6, 6.07) is 2.88. The van der Waals surface area contributed by atoms with E-state index in [4.69, 9.17) is 23.2 Å². The molecule has 1 amide bonds. The molecule has 2 atom stereocenters. The lowest BCUT2D eigenvalue weighted by Crippen LogP contribution is -2.37. The maximum Gasteiger partial charge on any atom is 0.290 e. The van der Waals surface area contributed by atoms with E-state index in [9.17, 15) is 14.9 Å². The molecule has 1 aliphatic heterocycles. The zero-order valence-corrected chi connectivity index (χ0v) is 12.0. The number of nitro groups is 1. The first-order chi connectivity index (χ1) is 9.47. The third kappa shape index (κ3) is 2.15. The highest BCUT2D eigenvalue weighted by Gasteiger charge is 2.40. The Bertz CT molecular complexity index is 606. The normalized spacial score (nSPS) is 24.2. The number of nitrogens with zero attached hydrogens (tertiary/aromatic N) is 2. The molecule has 3 rings (SSSR count). The topological polar surface area (TPSA) is 63.4 Å². The molecular formula is C13H12Cl2N2O3. The van der Waals surface area contributed by atoms with Crippen molar-refractivity contribution in [1.82, 2.24) is 4.90 Å². The molecule has 0 N–H and O–H groups in total. The van der Waals surface area contributed by atoms with E-state index in [0.29, 0.717) is 5.92 Å². The van der Waals surface area contributed by atoms with Gasteiger partial charge in [0.15, 0.2) is 0 Å². The van der Waals surface area contributed by atoms with Crippen LogP contribution >= 0.6 is 23.2 Å². The van der Waals surface area contributed by atoms with E-state index in [1.54, 1.807) is 4.90 Å². The molecule has 1 aromatic carbocycles. The van der Waals surface area contributed by atoms with Crippen molar-refractivity contribution in [3.05, 3.63) is 37.9 Å². The van der Waals surface area contributed by atoms with Crippen LogP contribution in [0.5, 0.6) is 0 Å². The minimum absolute atomic E-state index is 0.0357. The Morgan fingerprint density at radius 1 is 1.35 bits per heavy atom. The average molecular weight is 315 g/mol. The van der Waals surface area contributed by atoms with Crippen LogP contribution in [0.25, 0.3) is 0 Å². The number of fused-ring (bicyclic) bond motifs is 2. The van der Waals surface area contributed by atoms with E-state index in [1.165, 1.54) is 12.1 Å². The average Bonchev–Trinajstić information content (AvgIpc) is 3.02. The van der Waals surface area contributed by atoms with Gasteiger partial charge in [-0.3, -0.25) is 14.9 Å². The number of hydrogen-bond acceptors (Lipinski definition) is 3. The number of hydrogen-bond donors (Lipinski definition) is 0. The van der Waals surface area contributed by atoms with Crippen molar-refractivity contribution in [3.8, 4) is 0 Å². The first-order valence-corrected chi connectivity index (χ1v) is 7.17. The predicted molar refractivity (Wildman–Crippen MR) is 75.3 cm³/mol. The second kappa shape index (κ2) is 4.90. The summed E-state index contributed by atoms with van der Waals surface area (Å²) >= 11 is 11.7. The molecule has 5 nitrogen and oxygen atoms in total. The van der Waals surface area contributed by atoms with Crippen molar-refractivity contribution < 1.29 is 9.72 Å². The molecule has 1 heterocycles. The number of halogens is 2. The third-order valence-electron chi connectivity index (χ3n) is 4.12. The lowest BCUT2D eigenvalue weighted by Gasteiger charge is -2.27. The van der Waals surface area contributed by atoms with Crippen LogP contribution in [0.4, 0.5) is 5.69 Å². The Balaban J connectivity index is 1.94. The van der Waals surface area contributed by atoms with E-state index >= 15 is 0 Å². The van der Waals surface area contributed by atoms with Gasteiger partial charge in [0.1, 0.15) is 5.02 Å². The van der Waals surface area contributed by atoms with Crippen molar-refractivity contribution in [1.29, 1.82) is 0 Å². The molecule has 20 heavy (non-hydrogen) atoms. The van der Waals surface area contributed by atoms with E-state index in [-0.39, 0.29) is 33.2 Å². The van der Waals surface area contributed by atoms with Gasteiger partial charge >= 0.3 is 0 Å². The van der Waals surface area contributed by atoms with Gasteiger partial charge in [0, 0.05) is 24.2 Å². The van der Waals surface area contributed by atoms with Crippen molar-refractivity contribution in [3.63, 3.8) is 0 Å². The summed E-state index contributed by atoms with van der Waals surface area (Å²) in [5.74, 6) is 0.376.